The van der Waals surface area contributed by atoms with E-state index in [4.69, 9.17) is 0 Å². The molecule has 150 valence electrons. The van der Waals surface area contributed by atoms with E-state index in [1.54, 1.807) is 18.3 Å². The van der Waals surface area contributed by atoms with E-state index in [0.717, 1.165) is 22.2 Å². The number of halogens is 1. The Morgan fingerprint density at radius 2 is 2.10 bits per heavy atom. The van der Waals surface area contributed by atoms with Gasteiger partial charge in [0.1, 0.15) is 11.5 Å². The average Bonchev–Trinajstić information content (AvgIpc) is 3.17. The van der Waals surface area contributed by atoms with E-state index in [2.05, 4.69) is 15.3 Å². The fourth-order valence-electron chi connectivity index (χ4n) is 3.50. The summed E-state index contributed by atoms with van der Waals surface area (Å²) < 4.78 is 38.0. The molecule has 1 aromatic carbocycles. The number of thiol groups is 1. The lowest BCUT2D eigenvalue weighted by Gasteiger charge is -2.19. The fraction of sp³-hybridized carbons (Fsp3) is 0.200. The maximum atomic E-state index is 14.4. The average molecular weight is 414 g/mol. The van der Waals surface area contributed by atoms with Crippen LogP contribution >= 0.6 is 0 Å². The van der Waals surface area contributed by atoms with Crippen molar-refractivity contribution < 1.29 is 17.6 Å². The molecule has 0 unspecified atom stereocenters. The first-order chi connectivity index (χ1) is 14.0. The summed E-state index contributed by atoms with van der Waals surface area (Å²) in [6.45, 7) is 0.780. The summed E-state index contributed by atoms with van der Waals surface area (Å²) in [5, 5.41) is 3.25. The Hall–Kier alpha value is -3.04. The van der Waals surface area contributed by atoms with Crippen molar-refractivity contribution >= 4 is 33.4 Å². The number of pyridine rings is 1. The van der Waals surface area contributed by atoms with Gasteiger partial charge in [-0.3, -0.25) is 4.79 Å². The van der Waals surface area contributed by atoms with E-state index in [1.165, 1.54) is 23.5 Å². The van der Waals surface area contributed by atoms with Crippen LogP contribution in [0.2, 0.25) is 0 Å². The van der Waals surface area contributed by atoms with Gasteiger partial charge in [-0.2, -0.15) is 0 Å². The summed E-state index contributed by atoms with van der Waals surface area (Å²) in [7, 11) is -1.12. The smallest absolute Gasteiger partial charge is 0.253 e. The van der Waals surface area contributed by atoms with E-state index in [0.29, 0.717) is 30.7 Å². The molecule has 0 spiro atoms. The van der Waals surface area contributed by atoms with Gasteiger partial charge in [0.15, 0.2) is 0 Å². The van der Waals surface area contributed by atoms with Crippen LogP contribution in [-0.4, -0.2) is 48.7 Å². The largest absolute Gasteiger partial charge is 0.355 e. The van der Waals surface area contributed by atoms with E-state index < -0.39 is 22.6 Å². The topological polar surface area (TPSA) is 95.2 Å². The third-order valence-corrected chi connectivity index (χ3v) is 5.87. The second-order valence-corrected chi connectivity index (χ2v) is 7.75. The number of nitrogens with zero attached hydrogens (tertiary/aromatic N) is 2. The standard InChI is InChI=1S/C20H19FN4O3S/c1-22-20(26)15-3-2-13(10-17(15)21)14-4-7-23-19-16(14)11-18(24-19)12-5-8-25(9-6-12)29(27)28/h2-5,7,10-11,29H,6,8-9H2,1H3,(H,22,26)(H,23,24). The minimum absolute atomic E-state index is 0.00932. The molecule has 0 atom stereocenters. The minimum Gasteiger partial charge on any atom is -0.355 e. The molecular weight excluding hydrogens is 395 g/mol. The lowest BCUT2D eigenvalue weighted by Crippen LogP contribution is -2.26. The van der Waals surface area contributed by atoms with Crippen LogP contribution in [0.4, 0.5) is 4.39 Å². The summed E-state index contributed by atoms with van der Waals surface area (Å²) in [6.07, 6.45) is 4.12. The van der Waals surface area contributed by atoms with Crippen molar-refractivity contribution in [1.29, 1.82) is 0 Å². The molecule has 2 N–H and O–H groups in total. The predicted octanol–water partition coefficient (Wildman–Crippen LogP) is 2.34. The zero-order chi connectivity index (χ0) is 20.5. The number of hydrogen-bond donors (Lipinski definition) is 3. The molecule has 9 heteroatoms. The highest BCUT2D eigenvalue weighted by molar-refractivity contribution is 7.69. The van der Waals surface area contributed by atoms with E-state index >= 15 is 0 Å². The second-order valence-electron chi connectivity index (χ2n) is 6.71. The highest BCUT2D eigenvalue weighted by Crippen LogP contribution is 2.32. The zero-order valence-corrected chi connectivity index (χ0v) is 16.5. The van der Waals surface area contributed by atoms with Crippen LogP contribution < -0.4 is 5.32 Å². The summed E-state index contributed by atoms with van der Waals surface area (Å²) in [5.74, 6) is -1.07. The summed E-state index contributed by atoms with van der Waals surface area (Å²) in [4.78, 5) is 19.4. The maximum Gasteiger partial charge on any atom is 0.253 e. The van der Waals surface area contributed by atoms with Crippen molar-refractivity contribution in [3.05, 3.63) is 59.7 Å². The molecule has 0 bridgehead atoms. The van der Waals surface area contributed by atoms with Gasteiger partial charge in [0, 0.05) is 37.4 Å². The molecule has 1 amide bonds. The number of benzene rings is 1. The predicted molar refractivity (Wildman–Crippen MR) is 109 cm³/mol. The van der Waals surface area contributed by atoms with Gasteiger partial charge in [-0.25, -0.2) is 22.1 Å². The molecule has 0 saturated carbocycles. The molecule has 7 nitrogen and oxygen atoms in total. The second kappa shape index (κ2) is 7.76. The van der Waals surface area contributed by atoms with Crippen molar-refractivity contribution in [2.24, 2.45) is 0 Å². The summed E-state index contributed by atoms with van der Waals surface area (Å²) in [5.41, 5.74) is 3.96. The maximum absolute atomic E-state index is 14.4. The van der Waals surface area contributed by atoms with Crippen LogP contribution in [0.3, 0.4) is 0 Å². The Bertz CT molecular complexity index is 1210. The molecule has 3 aromatic rings. The lowest BCUT2D eigenvalue weighted by molar-refractivity contribution is 0.0959. The molecular formula is C20H19FN4O3S. The first-order valence-electron chi connectivity index (χ1n) is 9.06. The van der Waals surface area contributed by atoms with Gasteiger partial charge >= 0.3 is 0 Å². The third-order valence-electron chi connectivity index (χ3n) is 5.05. The van der Waals surface area contributed by atoms with Gasteiger partial charge in [0.2, 0.25) is 10.9 Å². The monoisotopic (exact) mass is 414 g/mol. The first kappa shape index (κ1) is 19.3. The fourth-order valence-corrected chi connectivity index (χ4v) is 3.98. The van der Waals surface area contributed by atoms with Crippen molar-refractivity contribution in [1.82, 2.24) is 19.6 Å². The highest BCUT2D eigenvalue weighted by atomic mass is 32.2. The van der Waals surface area contributed by atoms with Gasteiger partial charge < -0.3 is 10.3 Å². The molecule has 0 fully saturated rings. The molecule has 0 aliphatic carbocycles. The van der Waals surface area contributed by atoms with Gasteiger partial charge in [-0.15, -0.1) is 0 Å². The van der Waals surface area contributed by atoms with Crippen molar-refractivity contribution in [2.45, 2.75) is 6.42 Å². The molecule has 1 aliphatic rings. The van der Waals surface area contributed by atoms with Gasteiger partial charge in [-0.1, -0.05) is 12.1 Å². The zero-order valence-electron chi connectivity index (χ0n) is 15.6. The van der Waals surface area contributed by atoms with E-state index in [9.17, 15) is 17.6 Å². The lowest BCUT2D eigenvalue weighted by atomic mass is 10.0. The minimum atomic E-state index is -2.57. The number of nitrogens with one attached hydrogen (secondary N) is 2. The van der Waals surface area contributed by atoms with Gasteiger partial charge in [-0.05, 0) is 47.4 Å². The van der Waals surface area contributed by atoms with Crippen LogP contribution in [0.1, 0.15) is 22.5 Å². The summed E-state index contributed by atoms with van der Waals surface area (Å²) in [6, 6.07) is 8.26. The Balaban J connectivity index is 1.73. The number of H-pyrrole nitrogens is 1. The van der Waals surface area contributed by atoms with Gasteiger partial charge in [0.05, 0.1) is 5.56 Å². The molecule has 2 aromatic heterocycles. The molecule has 3 heterocycles. The first-order valence-corrected chi connectivity index (χ1v) is 10.2. The Kier molecular flexibility index (Phi) is 5.16. The quantitative estimate of drug-likeness (QED) is 0.571. The number of carbonyl (C=O) groups excluding carboxylic acids is 1. The molecule has 0 radical (unpaired) electrons. The Labute approximate surface area is 168 Å². The molecule has 0 saturated heterocycles. The summed E-state index contributed by atoms with van der Waals surface area (Å²) >= 11 is 0. The van der Waals surface area contributed by atoms with E-state index in [-0.39, 0.29) is 5.56 Å². The number of fused-ring (bicyclic) bond motifs is 1. The molecule has 1 aliphatic heterocycles. The van der Waals surface area contributed by atoms with Crippen LogP contribution in [0, 0.1) is 5.82 Å². The van der Waals surface area contributed by atoms with Crippen LogP contribution in [0.25, 0.3) is 27.7 Å². The van der Waals surface area contributed by atoms with Crippen LogP contribution in [0.15, 0.2) is 42.6 Å². The van der Waals surface area contributed by atoms with Crippen LogP contribution in [-0.2, 0) is 10.9 Å². The normalized spacial score (nSPS) is 14.9. The Morgan fingerprint density at radius 1 is 1.28 bits per heavy atom. The van der Waals surface area contributed by atoms with Crippen molar-refractivity contribution in [2.75, 3.05) is 20.1 Å². The van der Waals surface area contributed by atoms with Crippen LogP contribution in [0.5, 0.6) is 0 Å². The third kappa shape index (κ3) is 3.66. The van der Waals surface area contributed by atoms with Crippen molar-refractivity contribution in [3.8, 4) is 11.1 Å². The van der Waals surface area contributed by atoms with Gasteiger partial charge in [0.25, 0.3) is 5.91 Å². The number of amides is 1. The number of hydrogen-bond acceptors (Lipinski definition) is 4. The molecule has 4 rings (SSSR count). The SMILES string of the molecule is CNC(=O)c1ccc(-c2ccnc3[nH]c(C4=CCN([SH](=O)=O)CC4)cc23)cc1F. The number of aromatic amines is 1. The van der Waals surface area contributed by atoms with Crippen molar-refractivity contribution in [3.63, 3.8) is 0 Å². The Morgan fingerprint density at radius 3 is 2.76 bits per heavy atom. The van der Waals surface area contributed by atoms with E-state index in [1.807, 2.05) is 12.1 Å². The number of rotatable bonds is 4. The number of carbonyl (C=O) groups is 1. The highest BCUT2D eigenvalue weighted by Gasteiger charge is 2.18. The number of aromatic nitrogens is 2. The molecule has 29 heavy (non-hydrogen) atoms.